The highest BCUT2D eigenvalue weighted by molar-refractivity contribution is 6.30. The Balaban J connectivity index is 0.00000242. The SMILES string of the molecule is Cl.NC(=O)NC(C=Cc1ccc(Cl)cc1)=NC1CCCCC1. The van der Waals surface area contributed by atoms with Crippen LogP contribution in [0, 0.1) is 0 Å². The van der Waals surface area contributed by atoms with Gasteiger partial charge in [-0.25, -0.2) is 4.79 Å². The molecule has 120 valence electrons. The van der Waals surface area contributed by atoms with Gasteiger partial charge in [0.15, 0.2) is 0 Å². The van der Waals surface area contributed by atoms with Gasteiger partial charge < -0.3 is 5.73 Å². The zero-order valence-electron chi connectivity index (χ0n) is 12.3. The van der Waals surface area contributed by atoms with Gasteiger partial charge in [0.05, 0.1) is 6.04 Å². The number of amides is 2. The van der Waals surface area contributed by atoms with Gasteiger partial charge in [-0.05, 0) is 36.6 Å². The lowest BCUT2D eigenvalue weighted by atomic mass is 9.96. The summed E-state index contributed by atoms with van der Waals surface area (Å²) in [5.74, 6) is 0.518. The molecule has 1 fully saturated rings. The largest absolute Gasteiger partial charge is 0.351 e. The fourth-order valence-electron chi connectivity index (χ4n) is 2.40. The number of nitrogens with one attached hydrogen (secondary N) is 1. The minimum Gasteiger partial charge on any atom is -0.351 e. The lowest BCUT2D eigenvalue weighted by Gasteiger charge is -2.18. The van der Waals surface area contributed by atoms with Crippen LogP contribution in [0.25, 0.3) is 6.08 Å². The monoisotopic (exact) mass is 341 g/mol. The van der Waals surface area contributed by atoms with Crippen LogP contribution in [0.1, 0.15) is 37.7 Å². The van der Waals surface area contributed by atoms with Crippen molar-refractivity contribution in [1.82, 2.24) is 5.32 Å². The first-order valence-corrected chi connectivity index (χ1v) is 7.59. The summed E-state index contributed by atoms with van der Waals surface area (Å²) >= 11 is 5.85. The summed E-state index contributed by atoms with van der Waals surface area (Å²) in [6, 6.07) is 7.13. The van der Waals surface area contributed by atoms with Gasteiger partial charge in [-0.15, -0.1) is 12.4 Å². The van der Waals surface area contributed by atoms with Gasteiger partial charge >= 0.3 is 6.03 Å². The van der Waals surface area contributed by atoms with Crippen LogP contribution in [0.4, 0.5) is 4.79 Å². The Morgan fingerprint density at radius 1 is 1.23 bits per heavy atom. The van der Waals surface area contributed by atoms with Gasteiger partial charge in [0.2, 0.25) is 0 Å². The van der Waals surface area contributed by atoms with Crippen LogP contribution in [-0.4, -0.2) is 17.9 Å². The Kier molecular flexibility index (Phi) is 7.99. The Hall–Kier alpha value is -1.52. The van der Waals surface area contributed by atoms with Crippen molar-refractivity contribution in [2.24, 2.45) is 10.7 Å². The summed E-state index contributed by atoms with van der Waals surface area (Å²) in [5.41, 5.74) is 6.19. The Morgan fingerprint density at radius 3 is 2.45 bits per heavy atom. The fraction of sp³-hybridized carbons (Fsp3) is 0.375. The number of aliphatic imine (C=N–C) groups is 1. The van der Waals surface area contributed by atoms with Crippen molar-refractivity contribution in [3.63, 3.8) is 0 Å². The topological polar surface area (TPSA) is 67.5 Å². The zero-order valence-corrected chi connectivity index (χ0v) is 13.9. The van der Waals surface area contributed by atoms with Gasteiger partial charge in [0, 0.05) is 5.02 Å². The van der Waals surface area contributed by atoms with E-state index in [4.69, 9.17) is 17.3 Å². The van der Waals surface area contributed by atoms with Gasteiger partial charge in [-0.3, -0.25) is 10.3 Å². The number of amidine groups is 1. The molecule has 1 aromatic rings. The van der Waals surface area contributed by atoms with Crippen LogP contribution >= 0.6 is 24.0 Å². The van der Waals surface area contributed by atoms with Crippen LogP contribution in [0.15, 0.2) is 35.3 Å². The molecule has 0 aliphatic heterocycles. The summed E-state index contributed by atoms with van der Waals surface area (Å²) in [7, 11) is 0. The summed E-state index contributed by atoms with van der Waals surface area (Å²) in [6.07, 6.45) is 9.46. The van der Waals surface area contributed by atoms with Gasteiger partial charge in [-0.2, -0.15) is 0 Å². The molecule has 1 saturated carbocycles. The zero-order chi connectivity index (χ0) is 15.1. The van der Waals surface area contributed by atoms with Crippen molar-refractivity contribution in [2.75, 3.05) is 0 Å². The first-order valence-electron chi connectivity index (χ1n) is 7.21. The highest BCUT2D eigenvalue weighted by atomic mass is 35.5. The number of hydrogen-bond donors (Lipinski definition) is 2. The van der Waals surface area contributed by atoms with Crippen molar-refractivity contribution >= 4 is 42.0 Å². The first-order chi connectivity index (χ1) is 10.1. The highest BCUT2D eigenvalue weighted by Gasteiger charge is 2.12. The van der Waals surface area contributed by atoms with Gasteiger partial charge in [-0.1, -0.05) is 49.1 Å². The molecule has 1 aliphatic rings. The third-order valence-electron chi connectivity index (χ3n) is 3.45. The quantitative estimate of drug-likeness (QED) is 0.628. The van der Waals surface area contributed by atoms with Crippen LogP contribution < -0.4 is 11.1 Å². The Bertz CT molecular complexity index is 535. The molecule has 0 unspecified atom stereocenters. The van der Waals surface area contributed by atoms with Crippen LogP contribution in [0.3, 0.4) is 0 Å². The third-order valence-corrected chi connectivity index (χ3v) is 3.70. The molecular formula is C16H21Cl2N3O. The summed E-state index contributed by atoms with van der Waals surface area (Å²) in [6.45, 7) is 0. The van der Waals surface area contributed by atoms with E-state index in [1.807, 2.05) is 30.3 Å². The van der Waals surface area contributed by atoms with Crippen molar-refractivity contribution in [3.05, 3.63) is 40.9 Å². The molecule has 4 nitrogen and oxygen atoms in total. The molecular weight excluding hydrogens is 321 g/mol. The predicted octanol–water partition coefficient (Wildman–Crippen LogP) is 4.17. The third kappa shape index (κ3) is 6.50. The second-order valence-corrected chi connectivity index (χ2v) is 5.62. The predicted molar refractivity (Wildman–Crippen MR) is 94.8 cm³/mol. The normalized spacial score (nSPS) is 16.3. The number of halogens is 2. The van der Waals surface area contributed by atoms with Crippen molar-refractivity contribution < 1.29 is 4.79 Å². The molecule has 0 spiro atoms. The summed E-state index contributed by atoms with van der Waals surface area (Å²) in [4.78, 5) is 15.7. The molecule has 0 atom stereocenters. The molecule has 1 aliphatic carbocycles. The van der Waals surface area contributed by atoms with Crippen molar-refractivity contribution in [3.8, 4) is 0 Å². The van der Waals surface area contributed by atoms with E-state index in [-0.39, 0.29) is 18.4 Å². The molecule has 22 heavy (non-hydrogen) atoms. The molecule has 0 heterocycles. The van der Waals surface area contributed by atoms with E-state index in [0.29, 0.717) is 10.9 Å². The lowest BCUT2D eigenvalue weighted by Crippen LogP contribution is -2.35. The second kappa shape index (κ2) is 9.49. The minimum atomic E-state index is -0.592. The first kappa shape index (κ1) is 18.5. The average Bonchev–Trinajstić information content (AvgIpc) is 2.47. The molecule has 2 rings (SSSR count). The molecule has 0 radical (unpaired) electrons. The molecule has 2 amide bonds. The number of carbonyl (C=O) groups excluding carboxylic acids is 1. The number of nitrogens with two attached hydrogens (primary N) is 1. The molecule has 3 N–H and O–H groups in total. The Labute approximate surface area is 142 Å². The maximum Gasteiger partial charge on any atom is 0.317 e. The second-order valence-electron chi connectivity index (χ2n) is 5.18. The molecule has 0 bridgehead atoms. The molecule has 6 heteroatoms. The van der Waals surface area contributed by atoms with Gasteiger partial charge in [0.1, 0.15) is 5.84 Å². The van der Waals surface area contributed by atoms with Crippen LogP contribution in [0.2, 0.25) is 5.02 Å². The van der Waals surface area contributed by atoms with Gasteiger partial charge in [0.25, 0.3) is 0 Å². The lowest BCUT2D eigenvalue weighted by molar-refractivity contribution is 0.253. The van der Waals surface area contributed by atoms with E-state index in [1.54, 1.807) is 6.08 Å². The number of urea groups is 1. The standard InChI is InChI=1S/C16H20ClN3O.ClH/c17-13-9-6-12(7-10-13)8-11-15(20-16(18)21)19-14-4-2-1-3-5-14;/h6-11,14H,1-5H2,(H3,18,19,20,21);1H. The van der Waals surface area contributed by atoms with E-state index < -0.39 is 6.03 Å². The fourth-order valence-corrected chi connectivity index (χ4v) is 2.53. The number of carbonyl (C=O) groups is 1. The maximum atomic E-state index is 11.1. The summed E-state index contributed by atoms with van der Waals surface area (Å²) in [5, 5.41) is 3.28. The summed E-state index contributed by atoms with van der Waals surface area (Å²) < 4.78 is 0. The number of primary amides is 1. The number of hydrogen-bond acceptors (Lipinski definition) is 2. The van der Waals surface area contributed by atoms with Crippen LogP contribution in [-0.2, 0) is 0 Å². The number of rotatable bonds is 3. The highest BCUT2D eigenvalue weighted by Crippen LogP contribution is 2.20. The van der Waals surface area contributed by atoms with Crippen molar-refractivity contribution in [1.29, 1.82) is 0 Å². The van der Waals surface area contributed by atoms with Crippen LogP contribution in [0.5, 0.6) is 0 Å². The average molecular weight is 342 g/mol. The smallest absolute Gasteiger partial charge is 0.317 e. The number of benzene rings is 1. The molecule has 1 aromatic carbocycles. The molecule has 0 saturated heterocycles. The Morgan fingerprint density at radius 2 is 1.86 bits per heavy atom. The molecule has 0 aromatic heterocycles. The van der Waals surface area contributed by atoms with E-state index in [2.05, 4.69) is 10.3 Å². The van der Waals surface area contributed by atoms with E-state index >= 15 is 0 Å². The minimum absolute atomic E-state index is 0. The number of nitrogens with zero attached hydrogens (tertiary/aromatic N) is 1. The van der Waals surface area contributed by atoms with E-state index in [0.717, 1.165) is 18.4 Å². The maximum absolute atomic E-state index is 11.1. The van der Waals surface area contributed by atoms with E-state index in [1.165, 1.54) is 19.3 Å². The van der Waals surface area contributed by atoms with Crippen molar-refractivity contribution in [2.45, 2.75) is 38.1 Å². The van der Waals surface area contributed by atoms with E-state index in [9.17, 15) is 4.79 Å².